The molecule has 0 saturated carbocycles. The van der Waals surface area contributed by atoms with Crippen LogP contribution in [-0.2, 0) is 4.74 Å². The molecule has 3 heteroatoms. The molecule has 0 amide bonds. The lowest BCUT2D eigenvalue weighted by molar-refractivity contribution is 0.0801. The van der Waals surface area contributed by atoms with Crippen LogP contribution in [0, 0.1) is 0 Å². The highest BCUT2D eigenvalue weighted by Crippen LogP contribution is 2.31. The number of hydrogen-bond donors (Lipinski definition) is 0. The molecule has 1 heterocycles. The van der Waals surface area contributed by atoms with Crippen LogP contribution >= 0.6 is 0 Å². The first-order valence-electron chi connectivity index (χ1n) is 4.77. The Labute approximate surface area is 91.6 Å². The number of hydrogen-bond acceptors (Lipinski definition) is 3. The number of fused-ring (bicyclic) bond motifs is 1. The Morgan fingerprint density at radius 2 is 2.20 bits per heavy atom. The number of methoxy groups -OCH3 is 1. The first-order chi connectivity index (χ1) is 6.81. The van der Waals surface area contributed by atoms with E-state index in [4.69, 9.17) is 9.47 Å². The fourth-order valence-corrected chi connectivity index (χ4v) is 1.77. The molecule has 0 fully saturated rings. The molecule has 84 valence electrons. The number of benzene rings is 1. The molecule has 1 aliphatic heterocycles. The Kier molecular flexibility index (Phi) is 3.97. The van der Waals surface area contributed by atoms with E-state index in [-0.39, 0.29) is 13.5 Å². The van der Waals surface area contributed by atoms with Gasteiger partial charge in [0.25, 0.3) is 0 Å². The fourth-order valence-electron chi connectivity index (χ4n) is 1.77. The van der Waals surface area contributed by atoms with Crippen LogP contribution in [0.3, 0.4) is 0 Å². The van der Waals surface area contributed by atoms with E-state index < -0.39 is 0 Å². The molecule has 0 radical (unpaired) electrons. The molecule has 1 aromatic carbocycles. The second-order valence-electron chi connectivity index (χ2n) is 3.54. The van der Waals surface area contributed by atoms with Crippen molar-refractivity contribution in [3.05, 3.63) is 24.3 Å². The molecule has 0 aromatic heterocycles. The van der Waals surface area contributed by atoms with Gasteiger partial charge >= 0.3 is 0 Å². The van der Waals surface area contributed by atoms with E-state index >= 15 is 0 Å². The Balaban J connectivity index is 0.00000112. The van der Waals surface area contributed by atoms with Crippen LogP contribution in [0.15, 0.2) is 24.3 Å². The van der Waals surface area contributed by atoms with Crippen molar-refractivity contribution >= 4 is 5.69 Å². The van der Waals surface area contributed by atoms with E-state index in [1.54, 1.807) is 7.11 Å². The zero-order valence-electron chi connectivity index (χ0n) is 8.56. The molecule has 1 aliphatic rings. The third-order valence-electron chi connectivity index (χ3n) is 2.40. The van der Waals surface area contributed by atoms with E-state index in [9.17, 15) is 0 Å². The van der Waals surface area contributed by atoms with Gasteiger partial charge in [0.15, 0.2) is 0 Å². The predicted molar refractivity (Wildman–Crippen MR) is 62.7 cm³/mol. The summed E-state index contributed by atoms with van der Waals surface area (Å²) in [7, 11) is 3.77. The monoisotopic (exact) mass is 209 g/mol. The average molecular weight is 209 g/mol. The highest BCUT2D eigenvalue weighted by molar-refractivity contribution is 5.59. The summed E-state index contributed by atoms with van der Waals surface area (Å²) < 4.78 is 10.9. The van der Waals surface area contributed by atoms with E-state index in [0.29, 0.717) is 6.61 Å². The van der Waals surface area contributed by atoms with Gasteiger partial charge in [-0.05, 0) is 12.1 Å². The minimum absolute atomic E-state index is 0. The van der Waals surface area contributed by atoms with Crippen LogP contribution in [0.5, 0.6) is 5.75 Å². The van der Waals surface area contributed by atoms with Gasteiger partial charge in [0, 0.05) is 14.2 Å². The molecular weight excluding hydrogens is 190 g/mol. The van der Waals surface area contributed by atoms with Gasteiger partial charge in [-0.2, -0.15) is 0 Å². The Morgan fingerprint density at radius 1 is 1.47 bits per heavy atom. The standard InChI is InChI=1S/C11H15NO2.CH4/c1-12-7-9(8-13-2)14-11-6-4-3-5-10(11)12;/h3-6,9H,7-8H2,1-2H3;1H4/t9-;/m1./s1. The van der Waals surface area contributed by atoms with Crippen LogP contribution in [0.25, 0.3) is 0 Å². The number of para-hydroxylation sites is 2. The zero-order chi connectivity index (χ0) is 9.97. The number of rotatable bonds is 2. The van der Waals surface area contributed by atoms with Gasteiger partial charge in [-0.3, -0.25) is 0 Å². The van der Waals surface area contributed by atoms with Gasteiger partial charge in [0.1, 0.15) is 11.9 Å². The summed E-state index contributed by atoms with van der Waals surface area (Å²) in [4.78, 5) is 2.20. The lowest BCUT2D eigenvalue weighted by atomic mass is 10.2. The van der Waals surface area contributed by atoms with Gasteiger partial charge in [-0.15, -0.1) is 0 Å². The zero-order valence-corrected chi connectivity index (χ0v) is 8.56. The van der Waals surface area contributed by atoms with Crippen LogP contribution in [0.2, 0.25) is 0 Å². The van der Waals surface area contributed by atoms with Crippen LogP contribution in [0.4, 0.5) is 5.69 Å². The summed E-state index contributed by atoms with van der Waals surface area (Å²) in [5, 5.41) is 0. The predicted octanol–water partition coefficient (Wildman–Crippen LogP) is 2.17. The molecule has 1 aromatic rings. The summed E-state index contributed by atoms with van der Waals surface area (Å²) in [5.74, 6) is 0.948. The maximum Gasteiger partial charge on any atom is 0.143 e. The number of nitrogens with zero attached hydrogens (tertiary/aromatic N) is 1. The van der Waals surface area contributed by atoms with E-state index in [1.807, 2.05) is 18.2 Å². The van der Waals surface area contributed by atoms with Gasteiger partial charge in [0.2, 0.25) is 0 Å². The molecule has 15 heavy (non-hydrogen) atoms. The summed E-state index contributed by atoms with van der Waals surface area (Å²) in [6.07, 6.45) is 0.139. The summed E-state index contributed by atoms with van der Waals surface area (Å²) in [6, 6.07) is 8.07. The van der Waals surface area contributed by atoms with E-state index in [0.717, 1.165) is 18.0 Å². The van der Waals surface area contributed by atoms with Crippen LogP contribution in [-0.4, -0.2) is 33.4 Å². The Bertz CT molecular complexity index is 314. The summed E-state index contributed by atoms with van der Waals surface area (Å²) in [5.41, 5.74) is 1.15. The molecule has 0 spiro atoms. The maximum absolute atomic E-state index is 5.78. The SMILES string of the molecule is C.COC[C@H]1CN(C)c2ccccc2O1. The van der Waals surface area contributed by atoms with E-state index in [2.05, 4.69) is 18.0 Å². The topological polar surface area (TPSA) is 21.7 Å². The maximum atomic E-state index is 5.78. The molecule has 0 N–H and O–H groups in total. The van der Waals surface area contributed by atoms with Crippen molar-refractivity contribution in [2.24, 2.45) is 0 Å². The average Bonchev–Trinajstić information content (AvgIpc) is 2.18. The summed E-state index contributed by atoms with van der Waals surface area (Å²) in [6.45, 7) is 1.52. The second kappa shape index (κ2) is 5.03. The Morgan fingerprint density at radius 3 is 2.93 bits per heavy atom. The highest BCUT2D eigenvalue weighted by Gasteiger charge is 2.22. The van der Waals surface area contributed by atoms with Crippen molar-refractivity contribution in [2.75, 3.05) is 32.2 Å². The Hall–Kier alpha value is -1.22. The molecule has 0 saturated heterocycles. The molecule has 0 unspecified atom stereocenters. The molecule has 2 rings (SSSR count). The van der Waals surface area contributed by atoms with Crippen molar-refractivity contribution in [2.45, 2.75) is 13.5 Å². The molecular formula is C12H19NO2. The molecule has 0 bridgehead atoms. The normalized spacial score (nSPS) is 18.8. The van der Waals surface area contributed by atoms with Crippen molar-refractivity contribution in [3.63, 3.8) is 0 Å². The van der Waals surface area contributed by atoms with Crippen molar-refractivity contribution < 1.29 is 9.47 Å². The minimum atomic E-state index is 0. The third kappa shape index (κ3) is 2.42. The fraction of sp³-hybridized carbons (Fsp3) is 0.500. The van der Waals surface area contributed by atoms with Gasteiger partial charge in [-0.1, -0.05) is 19.6 Å². The summed E-state index contributed by atoms with van der Waals surface area (Å²) >= 11 is 0. The van der Waals surface area contributed by atoms with Crippen molar-refractivity contribution in [1.29, 1.82) is 0 Å². The van der Waals surface area contributed by atoms with Crippen molar-refractivity contribution in [3.8, 4) is 5.75 Å². The van der Waals surface area contributed by atoms with Gasteiger partial charge < -0.3 is 14.4 Å². The number of likely N-dealkylation sites (N-methyl/N-ethyl adjacent to an activating group) is 1. The van der Waals surface area contributed by atoms with Gasteiger partial charge in [0.05, 0.1) is 18.8 Å². The lowest BCUT2D eigenvalue weighted by Crippen LogP contribution is -2.40. The van der Waals surface area contributed by atoms with Gasteiger partial charge in [-0.25, -0.2) is 0 Å². The quantitative estimate of drug-likeness (QED) is 0.745. The number of ether oxygens (including phenoxy) is 2. The van der Waals surface area contributed by atoms with Crippen LogP contribution < -0.4 is 9.64 Å². The third-order valence-corrected chi connectivity index (χ3v) is 2.40. The molecule has 0 aliphatic carbocycles. The first kappa shape index (κ1) is 11.9. The second-order valence-corrected chi connectivity index (χ2v) is 3.54. The largest absolute Gasteiger partial charge is 0.484 e. The molecule has 3 nitrogen and oxygen atoms in total. The minimum Gasteiger partial charge on any atom is -0.484 e. The smallest absolute Gasteiger partial charge is 0.143 e. The lowest BCUT2D eigenvalue weighted by Gasteiger charge is -2.33. The molecule has 1 atom stereocenters. The van der Waals surface area contributed by atoms with Crippen molar-refractivity contribution in [1.82, 2.24) is 0 Å². The van der Waals surface area contributed by atoms with Crippen LogP contribution in [0.1, 0.15) is 7.43 Å². The first-order valence-corrected chi connectivity index (χ1v) is 4.77. The number of anilines is 1. The highest BCUT2D eigenvalue weighted by atomic mass is 16.5. The van der Waals surface area contributed by atoms with E-state index in [1.165, 1.54) is 0 Å².